The van der Waals surface area contributed by atoms with Gasteiger partial charge in [-0.1, -0.05) is 19.1 Å². The van der Waals surface area contributed by atoms with E-state index in [4.69, 9.17) is 21.8 Å². The summed E-state index contributed by atoms with van der Waals surface area (Å²) in [6.07, 6.45) is 0. The summed E-state index contributed by atoms with van der Waals surface area (Å²) in [6, 6.07) is 5.39. The summed E-state index contributed by atoms with van der Waals surface area (Å²) in [5, 5.41) is 11.0. The van der Waals surface area contributed by atoms with Crippen LogP contribution in [-0.4, -0.2) is 11.7 Å². The minimum Gasteiger partial charge on any atom is -0.504 e. The zero-order valence-electron chi connectivity index (χ0n) is 8.33. The molecule has 0 saturated carbocycles. The van der Waals surface area contributed by atoms with Gasteiger partial charge in [-0.15, -0.1) is 0 Å². The molecule has 2 aromatic rings. The Hall–Kier alpha value is -1.19. The first kappa shape index (κ1) is 10.3. The monoisotopic (exact) mass is 225 g/mol. The Bertz CT molecular complexity index is 493. The van der Waals surface area contributed by atoms with E-state index in [2.05, 4.69) is 0 Å². The van der Waals surface area contributed by atoms with Crippen molar-refractivity contribution in [1.29, 1.82) is 0 Å². The van der Waals surface area contributed by atoms with E-state index < -0.39 is 0 Å². The molecule has 3 N–H and O–H groups in total. The SMILES string of the molecule is CC(CN)c1ccc2cc(Cl)oc2c1O. The largest absolute Gasteiger partial charge is 0.504 e. The van der Waals surface area contributed by atoms with Crippen LogP contribution in [0.25, 0.3) is 11.0 Å². The molecular weight excluding hydrogens is 214 g/mol. The number of halogens is 1. The molecule has 1 aromatic carbocycles. The minimum atomic E-state index is 0.0956. The molecule has 0 aliphatic heterocycles. The van der Waals surface area contributed by atoms with Crippen molar-refractivity contribution in [3.05, 3.63) is 29.0 Å². The molecule has 0 fully saturated rings. The maximum absolute atomic E-state index is 9.96. The number of furan rings is 1. The Kier molecular flexibility index (Phi) is 2.59. The third kappa shape index (κ3) is 1.68. The summed E-state index contributed by atoms with van der Waals surface area (Å²) >= 11 is 5.72. The van der Waals surface area contributed by atoms with Gasteiger partial charge in [-0.2, -0.15) is 0 Å². The van der Waals surface area contributed by atoms with E-state index in [0.717, 1.165) is 10.9 Å². The van der Waals surface area contributed by atoms with Crippen LogP contribution in [0.5, 0.6) is 5.75 Å². The molecule has 1 unspecified atom stereocenters. The van der Waals surface area contributed by atoms with Gasteiger partial charge in [0.2, 0.25) is 0 Å². The Balaban J connectivity index is 2.64. The van der Waals surface area contributed by atoms with Crippen molar-refractivity contribution in [3.8, 4) is 5.75 Å². The average Bonchev–Trinajstić information content (AvgIpc) is 2.59. The van der Waals surface area contributed by atoms with Gasteiger partial charge in [0.05, 0.1) is 0 Å². The molecule has 0 radical (unpaired) electrons. The van der Waals surface area contributed by atoms with E-state index in [1.54, 1.807) is 6.07 Å². The van der Waals surface area contributed by atoms with Crippen LogP contribution in [0.3, 0.4) is 0 Å². The van der Waals surface area contributed by atoms with E-state index >= 15 is 0 Å². The maximum atomic E-state index is 9.96. The van der Waals surface area contributed by atoms with Gasteiger partial charge < -0.3 is 15.3 Å². The minimum absolute atomic E-state index is 0.0956. The number of phenolic OH excluding ortho intramolecular Hbond substituents is 1. The molecular formula is C11H12ClNO2. The lowest BCUT2D eigenvalue weighted by Crippen LogP contribution is -2.08. The highest BCUT2D eigenvalue weighted by atomic mass is 35.5. The molecule has 3 nitrogen and oxygen atoms in total. The van der Waals surface area contributed by atoms with Crippen LogP contribution in [0.15, 0.2) is 22.6 Å². The molecule has 0 spiro atoms. The van der Waals surface area contributed by atoms with Crippen molar-refractivity contribution in [1.82, 2.24) is 0 Å². The van der Waals surface area contributed by atoms with Crippen LogP contribution in [0.2, 0.25) is 5.22 Å². The van der Waals surface area contributed by atoms with Gasteiger partial charge in [-0.25, -0.2) is 0 Å². The smallest absolute Gasteiger partial charge is 0.194 e. The summed E-state index contributed by atoms with van der Waals surface area (Å²) in [7, 11) is 0. The van der Waals surface area contributed by atoms with Gasteiger partial charge in [0.25, 0.3) is 0 Å². The summed E-state index contributed by atoms with van der Waals surface area (Å²) in [5.41, 5.74) is 6.77. The van der Waals surface area contributed by atoms with Crippen LogP contribution < -0.4 is 5.73 Å². The second-order valence-corrected chi connectivity index (χ2v) is 3.98. The van der Waals surface area contributed by atoms with Gasteiger partial charge in [0.15, 0.2) is 16.6 Å². The van der Waals surface area contributed by atoms with Crippen LogP contribution in [-0.2, 0) is 0 Å². The zero-order chi connectivity index (χ0) is 11.0. The predicted octanol–water partition coefficient (Wildman–Crippen LogP) is 2.85. The fraction of sp³-hybridized carbons (Fsp3) is 0.273. The number of hydrogen-bond donors (Lipinski definition) is 2. The van der Waals surface area contributed by atoms with E-state index in [1.165, 1.54) is 0 Å². The molecule has 0 aliphatic rings. The van der Waals surface area contributed by atoms with E-state index in [1.807, 2.05) is 19.1 Å². The fourth-order valence-corrected chi connectivity index (χ4v) is 1.79. The van der Waals surface area contributed by atoms with Gasteiger partial charge >= 0.3 is 0 Å². The highest BCUT2D eigenvalue weighted by Crippen LogP contribution is 2.35. The lowest BCUT2D eigenvalue weighted by atomic mass is 9.99. The molecule has 0 bridgehead atoms. The summed E-state index contributed by atoms with van der Waals surface area (Å²) in [4.78, 5) is 0. The van der Waals surface area contributed by atoms with Crippen molar-refractivity contribution in [3.63, 3.8) is 0 Å². The Morgan fingerprint density at radius 1 is 1.53 bits per heavy atom. The molecule has 15 heavy (non-hydrogen) atoms. The molecule has 0 saturated heterocycles. The summed E-state index contributed by atoms with van der Waals surface area (Å²) in [6.45, 7) is 2.43. The quantitative estimate of drug-likeness (QED) is 0.826. The van der Waals surface area contributed by atoms with Crippen LogP contribution in [0, 0.1) is 0 Å². The van der Waals surface area contributed by atoms with Crippen molar-refractivity contribution >= 4 is 22.6 Å². The number of aromatic hydroxyl groups is 1. The van der Waals surface area contributed by atoms with Crippen molar-refractivity contribution in [2.75, 3.05) is 6.54 Å². The molecule has 4 heteroatoms. The van der Waals surface area contributed by atoms with Crippen LogP contribution >= 0.6 is 11.6 Å². The first-order chi connectivity index (χ1) is 7.13. The van der Waals surface area contributed by atoms with Gasteiger partial charge in [0, 0.05) is 17.0 Å². The lowest BCUT2D eigenvalue weighted by molar-refractivity contribution is 0.454. The Morgan fingerprint density at radius 2 is 2.27 bits per heavy atom. The van der Waals surface area contributed by atoms with Crippen molar-refractivity contribution < 1.29 is 9.52 Å². The van der Waals surface area contributed by atoms with E-state index in [-0.39, 0.29) is 16.9 Å². The summed E-state index contributed by atoms with van der Waals surface area (Å²) < 4.78 is 5.21. The Labute approximate surface area is 92.4 Å². The molecule has 0 aliphatic carbocycles. The van der Waals surface area contributed by atoms with Crippen molar-refractivity contribution in [2.24, 2.45) is 5.73 Å². The fourth-order valence-electron chi connectivity index (χ4n) is 1.60. The highest BCUT2D eigenvalue weighted by Gasteiger charge is 2.14. The average molecular weight is 226 g/mol. The molecule has 1 heterocycles. The predicted molar refractivity (Wildman–Crippen MR) is 60.4 cm³/mol. The molecule has 2 rings (SSSR count). The second-order valence-electron chi connectivity index (χ2n) is 3.61. The Morgan fingerprint density at radius 3 is 2.93 bits per heavy atom. The third-order valence-corrected chi connectivity index (χ3v) is 2.73. The number of fused-ring (bicyclic) bond motifs is 1. The second kappa shape index (κ2) is 3.76. The molecule has 0 amide bonds. The standard InChI is InChI=1S/C11H12ClNO2/c1-6(5-13)8-3-2-7-4-9(12)15-11(7)10(8)14/h2-4,6,14H,5,13H2,1H3. The number of hydrogen-bond acceptors (Lipinski definition) is 3. The van der Waals surface area contributed by atoms with Crippen LogP contribution in [0.4, 0.5) is 0 Å². The van der Waals surface area contributed by atoms with E-state index in [9.17, 15) is 5.11 Å². The van der Waals surface area contributed by atoms with Gasteiger partial charge in [-0.05, 0) is 24.1 Å². The number of rotatable bonds is 2. The molecule has 1 aromatic heterocycles. The van der Waals surface area contributed by atoms with Crippen molar-refractivity contribution in [2.45, 2.75) is 12.8 Å². The number of nitrogens with two attached hydrogens (primary N) is 1. The number of phenols is 1. The first-order valence-corrected chi connectivity index (χ1v) is 5.12. The van der Waals surface area contributed by atoms with Gasteiger partial charge in [0.1, 0.15) is 0 Å². The molecule has 80 valence electrons. The maximum Gasteiger partial charge on any atom is 0.194 e. The third-order valence-electron chi connectivity index (χ3n) is 2.55. The van der Waals surface area contributed by atoms with Crippen LogP contribution in [0.1, 0.15) is 18.4 Å². The topological polar surface area (TPSA) is 59.4 Å². The van der Waals surface area contributed by atoms with Gasteiger partial charge in [-0.3, -0.25) is 0 Å². The normalized spacial score (nSPS) is 13.3. The molecule has 1 atom stereocenters. The summed E-state index contributed by atoms with van der Waals surface area (Å²) in [5.74, 6) is 0.232. The number of benzene rings is 1. The zero-order valence-corrected chi connectivity index (χ0v) is 9.08. The first-order valence-electron chi connectivity index (χ1n) is 4.74. The highest BCUT2D eigenvalue weighted by molar-refractivity contribution is 6.29. The lowest BCUT2D eigenvalue weighted by Gasteiger charge is -2.10. The van der Waals surface area contributed by atoms with E-state index in [0.29, 0.717) is 12.1 Å².